The van der Waals surface area contributed by atoms with E-state index in [1.807, 2.05) is 6.92 Å². The second-order valence-corrected chi connectivity index (χ2v) is 7.25. The summed E-state index contributed by atoms with van der Waals surface area (Å²) in [7, 11) is 5.03. The van der Waals surface area contributed by atoms with Crippen LogP contribution in [0.3, 0.4) is 0 Å². The third-order valence-electron chi connectivity index (χ3n) is 4.45. The summed E-state index contributed by atoms with van der Waals surface area (Å²) in [6, 6.07) is 3.24. The fourth-order valence-electron chi connectivity index (χ4n) is 2.89. The van der Waals surface area contributed by atoms with Gasteiger partial charge in [-0.05, 0) is 19.1 Å². The molecule has 11 heteroatoms. The predicted molar refractivity (Wildman–Crippen MR) is 116 cm³/mol. The van der Waals surface area contributed by atoms with Crippen molar-refractivity contribution in [2.24, 2.45) is 7.05 Å². The Labute approximate surface area is 183 Å². The first-order valence-electron chi connectivity index (χ1n) is 9.59. The lowest BCUT2D eigenvalue weighted by molar-refractivity contribution is 0.0821. The SMILES string of the molecule is Cc1cnc(NC(=O)c2cc(Oc3cnc(C(=O)N(C)C)cn3)c3cn(C)nc3c2)cn1. The molecule has 2 amide bonds. The molecule has 4 aromatic rings. The number of benzene rings is 1. The van der Waals surface area contributed by atoms with Gasteiger partial charge in [-0.1, -0.05) is 0 Å². The van der Waals surface area contributed by atoms with E-state index in [-0.39, 0.29) is 17.5 Å². The summed E-state index contributed by atoms with van der Waals surface area (Å²) in [5, 5.41) is 7.77. The van der Waals surface area contributed by atoms with Gasteiger partial charge in [0.15, 0.2) is 5.82 Å². The summed E-state index contributed by atoms with van der Waals surface area (Å²) in [5.74, 6) is 0.218. The predicted octanol–water partition coefficient (Wildman–Crippen LogP) is 2.21. The maximum atomic E-state index is 12.8. The molecule has 3 aromatic heterocycles. The molecule has 1 aromatic carbocycles. The largest absolute Gasteiger partial charge is 0.437 e. The minimum Gasteiger partial charge on any atom is -0.437 e. The Kier molecular flexibility index (Phi) is 5.46. The van der Waals surface area contributed by atoms with E-state index in [2.05, 4.69) is 30.4 Å². The first kappa shape index (κ1) is 20.8. The molecule has 4 rings (SSSR count). The molecule has 1 N–H and O–H groups in total. The van der Waals surface area contributed by atoms with E-state index in [1.165, 1.54) is 23.5 Å². The van der Waals surface area contributed by atoms with Gasteiger partial charge in [0.25, 0.3) is 11.8 Å². The number of nitrogens with zero attached hydrogens (tertiary/aromatic N) is 7. The van der Waals surface area contributed by atoms with Gasteiger partial charge in [0.1, 0.15) is 11.4 Å². The van der Waals surface area contributed by atoms with Crippen LogP contribution in [0.15, 0.2) is 43.1 Å². The quantitative estimate of drug-likeness (QED) is 0.508. The molecule has 0 unspecified atom stereocenters. The molecule has 0 spiro atoms. The fourth-order valence-corrected chi connectivity index (χ4v) is 2.89. The molecule has 0 bridgehead atoms. The Morgan fingerprint density at radius 3 is 2.50 bits per heavy atom. The number of carbonyl (C=O) groups is 2. The maximum Gasteiger partial charge on any atom is 0.273 e. The standard InChI is InChI=1S/C21H20N8O3/c1-12-7-24-18(9-22-12)26-20(30)13-5-15-14(11-29(4)27-15)17(6-13)32-19-10-23-16(8-25-19)21(31)28(2)3/h5-11H,1-4H3,(H,24,26,30). The zero-order chi connectivity index (χ0) is 22.8. The number of fused-ring (bicyclic) bond motifs is 1. The molecule has 0 saturated carbocycles. The number of rotatable bonds is 5. The topological polar surface area (TPSA) is 128 Å². The van der Waals surface area contributed by atoms with Crippen molar-refractivity contribution >= 4 is 28.5 Å². The summed E-state index contributed by atoms with van der Waals surface area (Å²) in [6.45, 7) is 1.81. The van der Waals surface area contributed by atoms with Gasteiger partial charge in [-0.2, -0.15) is 5.10 Å². The zero-order valence-corrected chi connectivity index (χ0v) is 17.9. The lowest BCUT2D eigenvalue weighted by Crippen LogP contribution is -2.22. The van der Waals surface area contributed by atoms with Gasteiger partial charge in [-0.15, -0.1) is 0 Å². The number of nitrogens with one attached hydrogen (secondary N) is 1. The third kappa shape index (κ3) is 4.36. The van der Waals surface area contributed by atoms with Crippen LogP contribution in [0.2, 0.25) is 0 Å². The Hall–Kier alpha value is -4.41. The Balaban J connectivity index is 1.64. The van der Waals surface area contributed by atoms with Crippen LogP contribution >= 0.6 is 0 Å². The average Bonchev–Trinajstić information content (AvgIpc) is 3.15. The van der Waals surface area contributed by atoms with Gasteiger partial charge < -0.3 is 15.0 Å². The van der Waals surface area contributed by atoms with Crippen molar-refractivity contribution in [3.63, 3.8) is 0 Å². The van der Waals surface area contributed by atoms with Crippen molar-refractivity contribution in [3.8, 4) is 11.6 Å². The van der Waals surface area contributed by atoms with Crippen LogP contribution in [0.4, 0.5) is 5.82 Å². The number of hydrogen-bond donors (Lipinski definition) is 1. The van der Waals surface area contributed by atoms with E-state index in [9.17, 15) is 9.59 Å². The molecule has 0 aliphatic carbocycles. The van der Waals surface area contributed by atoms with Crippen molar-refractivity contribution in [1.29, 1.82) is 0 Å². The number of aryl methyl sites for hydroxylation is 2. The summed E-state index contributed by atoms with van der Waals surface area (Å²) in [6.07, 6.45) is 7.51. The van der Waals surface area contributed by atoms with E-state index in [0.717, 1.165) is 5.69 Å². The minimum atomic E-state index is -0.390. The van der Waals surface area contributed by atoms with Crippen LogP contribution in [-0.2, 0) is 7.05 Å². The summed E-state index contributed by atoms with van der Waals surface area (Å²) in [5.41, 5.74) is 1.83. The second-order valence-electron chi connectivity index (χ2n) is 7.25. The molecule has 0 fully saturated rings. The summed E-state index contributed by atoms with van der Waals surface area (Å²) in [4.78, 5) is 42.7. The summed E-state index contributed by atoms with van der Waals surface area (Å²) >= 11 is 0. The number of aromatic nitrogens is 6. The van der Waals surface area contributed by atoms with E-state index >= 15 is 0 Å². The van der Waals surface area contributed by atoms with Gasteiger partial charge in [-0.3, -0.25) is 19.3 Å². The highest BCUT2D eigenvalue weighted by Crippen LogP contribution is 2.30. The molecule has 0 atom stereocenters. The van der Waals surface area contributed by atoms with Crippen molar-refractivity contribution in [3.05, 3.63) is 60.1 Å². The van der Waals surface area contributed by atoms with Crippen molar-refractivity contribution in [1.82, 2.24) is 34.6 Å². The van der Waals surface area contributed by atoms with Crippen LogP contribution in [0.5, 0.6) is 11.6 Å². The Bertz CT molecular complexity index is 1300. The first-order chi connectivity index (χ1) is 15.3. The number of anilines is 1. The van der Waals surface area contributed by atoms with Crippen molar-refractivity contribution in [2.75, 3.05) is 19.4 Å². The van der Waals surface area contributed by atoms with Crippen LogP contribution < -0.4 is 10.1 Å². The normalized spacial score (nSPS) is 10.8. The van der Waals surface area contributed by atoms with Crippen LogP contribution in [0.1, 0.15) is 26.5 Å². The molecule has 0 aliphatic heterocycles. The molecular formula is C21H20N8O3. The maximum absolute atomic E-state index is 12.8. The Morgan fingerprint density at radius 2 is 1.84 bits per heavy atom. The zero-order valence-electron chi connectivity index (χ0n) is 17.9. The van der Waals surface area contributed by atoms with E-state index in [0.29, 0.717) is 28.0 Å². The lowest BCUT2D eigenvalue weighted by atomic mass is 10.1. The molecule has 162 valence electrons. The van der Waals surface area contributed by atoms with E-state index < -0.39 is 5.91 Å². The Morgan fingerprint density at radius 1 is 1.03 bits per heavy atom. The molecular weight excluding hydrogens is 412 g/mol. The first-order valence-corrected chi connectivity index (χ1v) is 9.59. The second kappa shape index (κ2) is 8.38. The van der Waals surface area contributed by atoms with Gasteiger partial charge in [0, 0.05) is 32.9 Å². The third-order valence-corrected chi connectivity index (χ3v) is 4.45. The van der Waals surface area contributed by atoms with Crippen LogP contribution in [0.25, 0.3) is 10.9 Å². The fraction of sp³-hybridized carbons (Fsp3) is 0.190. The molecule has 0 aliphatic rings. The average molecular weight is 432 g/mol. The van der Waals surface area contributed by atoms with Crippen LogP contribution in [0, 0.1) is 6.92 Å². The van der Waals surface area contributed by atoms with Crippen LogP contribution in [-0.4, -0.2) is 60.5 Å². The highest BCUT2D eigenvalue weighted by atomic mass is 16.5. The highest BCUT2D eigenvalue weighted by Gasteiger charge is 2.16. The van der Waals surface area contributed by atoms with E-state index in [4.69, 9.17) is 4.74 Å². The van der Waals surface area contributed by atoms with E-state index in [1.54, 1.807) is 50.4 Å². The molecule has 32 heavy (non-hydrogen) atoms. The van der Waals surface area contributed by atoms with Crippen molar-refractivity contribution in [2.45, 2.75) is 6.92 Å². The molecule has 0 radical (unpaired) electrons. The van der Waals surface area contributed by atoms with Crippen molar-refractivity contribution < 1.29 is 14.3 Å². The smallest absolute Gasteiger partial charge is 0.273 e. The number of amides is 2. The molecule has 11 nitrogen and oxygen atoms in total. The van der Waals surface area contributed by atoms with Gasteiger partial charge in [0.2, 0.25) is 5.88 Å². The monoisotopic (exact) mass is 432 g/mol. The summed E-state index contributed by atoms with van der Waals surface area (Å²) < 4.78 is 7.52. The number of ether oxygens (including phenoxy) is 1. The molecule has 0 saturated heterocycles. The molecule has 3 heterocycles. The number of hydrogen-bond acceptors (Lipinski definition) is 8. The van der Waals surface area contributed by atoms with Gasteiger partial charge in [-0.25, -0.2) is 15.0 Å². The van der Waals surface area contributed by atoms with Gasteiger partial charge in [0.05, 0.1) is 41.4 Å². The van der Waals surface area contributed by atoms with Gasteiger partial charge >= 0.3 is 0 Å². The highest BCUT2D eigenvalue weighted by molar-refractivity contribution is 6.06. The number of carbonyl (C=O) groups excluding carboxylic acids is 2. The minimum absolute atomic E-state index is 0.174. The lowest BCUT2D eigenvalue weighted by Gasteiger charge is -2.10.